The van der Waals surface area contributed by atoms with Crippen LogP contribution in [0.3, 0.4) is 0 Å². The smallest absolute Gasteiger partial charge is 0.0424 e. The molecule has 0 aromatic heterocycles. The zero-order valence-corrected chi connectivity index (χ0v) is 13.2. The van der Waals surface area contributed by atoms with Crippen LogP contribution in [-0.4, -0.2) is 25.0 Å². The molecule has 0 heterocycles. The first-order valence-corrected chi connectivity index (χ1v) is 7.44. The molecule has 1 atom stereocenters. The Morgan fingerprint density at radius 2 is 1.53 bits per heavy atom. The molecule has 2 N–H and O–H groups in total. The van der Waals surface area contributed by atoms with Crippen molar-refractivity contribution in [1.82, 2.24) is 4.90 Å². The lowest BCUT2D eigenvalue weighted by Crippen LogP contribution is -2.30. The predicted octanol–water partition coefficient (Wildman–Crippen LogP) is 3.79. The summed E-state index contributed by atoms with van der Waals surface area (Å²) in [7, 11) is 2.16. The van der Waals surface area contributed by atoms with Crippen LogP contribution < -0.4 is 5.73 Å². The van der Waals surface area contributed by atoms with Crippen molar-refractivity contribution in [2.24, 2.45) is 11.7 Å². The molecule has 0 fully saturated rings. The first-order chi connectivity index (χ1) is 8.90. The molecule has 0 aliphatic carbocycles. The van der Waals surface area contributed by atoms with Gasteiger partial charge in [-0.05, 0) is 43.0 Å². The van der Waals surface area contributed by atoms with Crippen LogP contribution in [0.15, 0.2) is 24.3 Å². The largest absolute Gasteiger partial charge is 0.323 e. The third-order valence-electron chi connectivity index (χ3n) is 3.63. The van der Waals surface area contributed by atoms with E-state index in [-0.39, 0.29) is 6.04 Å². The summed E-state index contributed by atoms with van der Waals surface area (Å²) in [6.45, 7) is 11.0. The van der Waals surface area contributed by atoms with Crippen LogP contribution >= 0.6 is 0 Å². The second-order valence-electron chi connectivity index (χ2n) is 6.37. The molecule has 0 aliphatic heterocycles. The van der Waals surface area contributed by atoms with Gasteiger partial charge in [-0.2, -0.15) is 0 Å². The number of nitrogens with two attached hydrogens (primary N) is 1. The van der Waals surface area contributed by atoms with E-state index in [2.05, 4.69) is 63.9 Å². The van der Waals surface area contributed by atoms with Crippen molar-refractivity contribution >= 4 is 0 Å². The lowest BCUT2D eigenvalue weighted by atomic mass is 9.99. The maximum absolute atomic E-state index is 6.29. The monoisotopic (exact) mass is 262 g/mol. The third kappa shape index (κ3) is 5.75. The van der Waals surface area contributed by atoms with E-state index in [1.807, 2.05) is 0 Å². The summed E-state index contributed by atoms with van der Waals surface area (Å²) in [4.78, 5) is 2.33. The molecule has 0 amide bonds. The lowest BCUT2D eigenvalue weighted by Gasteiger charge is -2.22. The van der Waals surface area contributed by atoms with Crippen molar-refractivity contribution in [3.05, 3.63) is 35.4 Å². The SMILES string of the molecule is CC(C)CCN(C)CC(N)c1ccc(C(C)C)cc1. The molecule has 1 rings (SSSR count). The van der Waals surface area contributed by atoms with Crippen LogP contribution in [-0.2, 0) is 0 Å². The fraction of sp³-hybridized carbons (Fsp3) is 0.647. The summed E-state index contributed by atoms with van der Waals surface area (Å²) in [5.41, 5.74) is 8.90. The van der Waals surface area contributed by atoms with Gasteiger partial charge in [-0.3, -0.25) is 0 Å². The van der Waals surface area contributed by atoms with Crippen molar-refractivity contribution in [1.29, 1.82) is 0 Å². The summed E-state index contributed by atoms with van der Waals surface area (Å²) in [6.07, 6.45) is 1.23. The van der Waals surface area contributed by atoms with Crippen molar-refractivity contribution < 1.29 is 0 Å². The molecule has 1 unspecified atom stereocenters. The Labute approximate surface area is 119 Å². The average Bonchev–Trinajstić information content (AvgIpc) is 2.36. The molecule has 108 valence electrons. The number of rotatable bonds is 7. The minimum absolute atomic E-state index is 0.110. The fourth-order valence-electron chi connectivity index (χ4n) is 2.14. The highest BCUT2D eigenvalue weighted by Crippen LogP contribution is 2.18. The van der Waals surface area contributed by atoms with Crippen LogP contribution in [0.4, 0.5) is 0 Å². The van der Waals surface area contributed by atoms with Crippen molar-refractivity contribution in [3.63, 3.8) is 0 Å². The summed E-state index contributed by atoms with van der Waals surface area (Å²) in [5.74, 6) is 1.34. The average molecular weight is 262 g/mol. The van der Waals surface area contributed by atoms with E-state index in [4.69, 9.17) is 5.73 Å². The van der Waals surface area contributed by atoms with Crippen LogP contribution in [0.2, 0.25) is 0 Å². The topological polar surface area (TPSA) is 29.3 Å². The third-order valence-corrected chi connectivity index (χ3v) is 3.63. The number of benzene rings is 1. The van der Waals surface area contributed by atoms with Gasteiger partial charge < -0.3 is 10.6 Å². The lowest BCUT2D eigenvalue weighted by molar-refractivity contribution is 0.293. The van der Waals surface area contributed by atoms with Gasteiger partial charge in [0, 0.05) is 12.6 Å². The molecular formula is C17H30N2. The molecule has 2 nitrogen and oxygen atoms in total. The Morgan fingerprint density at radius 3 is 2.00 bits per heavy atom. The Bertz CT molecular complexity index is 354. The number of hydrogen-bond acceptors (Lipinski definition) is 2. The number of nitrogens with zero attached hydrogens (tertiary/aromatic N) is 1. The molecule has 2 heteroatoms. The van der Waals surface area contributed by atoms with E-state index < -0.39 is 0 Å². The van der Waals surface area contributed by atoms with E-state index in [0.29, 0.717) is 5.92 Å². The molecular weight excluding hydrogens is 232 g/mol. The summed E-state index contributed by atoms with van der Waals surface area (Å²) >= 11 is 0. The van der Waals surface area contributed by atoms with E-state index >= 15 is 0 Å². The Kier molecular flexibility index (Phi) is 6.53. The molecule has 0 aliphatic rings. The fourth-order valence-corrected chi connectivity index (χ4v) is 2.14. The second kappa shape index (κ2) is 7.66. The minimum atomic E-state index is 0.110. The second-order valence-corrected chi connectivity index (χ2v) is 6.37. The highest BCUT2D eigenvalue weighted by atomic mass is 15.1. The van der Waals surface area contributed by atoms with Crippen molar-refractivity contribution in [3.8, 4) is 0 Å². The molecule has 0 saturated carbocycles. The van der Waals surface area contributed by atoms with E-state index in [1.165, 1.54) is 17.5 Å². The van der Waals surface area contributed by atoms with Crippen LogP contribution in [0, 0.1) is 5.92 Å². The van der Waals surface area contributed by atoms with Gasteiger partial charge in [0.25, 0.3) is 0 Å². The maximum Gasteiger partial charge on any atom is 0.0424 e. The first-order valence-electron chi connectivity index (χ1n) is 7.44. The van der Waals surface area contributed by atoms with E-state index in [0.717, 1.165) is 19.0 Å². The Balaban J connectivity index is 2.50. The van der Waals surface area contributed by atoms with Gasteiger partial charge in [0.15, 0.2) is 0 Å². The van der Waals surface area contributed by atoms with Crippen molar-refractivity contribution in [2.75, 3.05) is 20.1 Å². The van der Waals surface area contributed by atoms with Gasteiger partial charge in [0.05, 0.1) is 0 Å². The van der Waals surface area contributed by atoms with Crippen molar-refractivity contribution in [2.45, 2.75) is 46.1 Å². The minimum Gasteiger partial charge on any atom is -0.323 e. The summed E-state index contributed by atoms with van der Waals surface area (Å²) < 4.78 is 0. The van der Waals surface area contributed by atoms with Crippen LogP contribution in [0.25, 0.3) is 0 Å². The van der Waals surface area contributed by atoms with Gasteiger partial charge in [-0.15, -0.1) is 0 Å². The maximum atomic E-state index is 6.29. The van der Waals surface area contributed by atoms with Crippen LogP contribution in [0.1, 0.15) is 57.2 Å². The zero-order chi connectivity index (χ0) is 14.4. The highest BCUT2D eigenvalue weighted by Gasteiger charge is 2.10. The molecule has 0 spiro atoms. The standard InChI is InChI=1S/C17H30N2/c1-13(2)10-11-19(5)12-17(18)16-8-6-15(7-9-16)14(3)4/h6-9,13-14,17H,10-12,18H2,1-5H3. The molecule has 19 heavy (non-hydrogen) atoms. The Hall–Kier alpha value is -0.860. The predicted molar refractivity (Wildman–Crippen MR) is 84.4 cm³/mol. The highest BCUT2D eigenvalue weighted by molar-refractivity contribution is 5.26. The molecule has 0 bridgehead atoms. The normalized spacial score (nSPS) is 13.5. The first kappa shape index (κ1) is 16.2. The molecule has 1 aromatic rings. The summed E-state index contributed by atoms with van der Waals surface area (Å²) in [6, 6.07) is 8.87. The van der Waals surface area contributed by atoms with E-state index in [1.54, 1.807) is 0 Å². The van der Waals surface area contributed by atoms with Gasteiger partial charge in [-0.25, -0.2) is 0 Å². The van der Waals surface area contributed by atoms with Gasteiger partial charge in [0.1, 0.15) is 0 Å². The number of likely N-dealkylation sites (N-methyl/N-ethyl adjacent to an activating group) is 1. The van der Waals surface area contributed by atoms with Gasteiger partial charge in [-0.1, -0.05) is 52.0 Å². The zero-order valence-electron chi connectivity index (χ0n) is 13.2. The molecule has 0 radical (unpaired) electrons. The van der Waals surface area contributed by atoms with Gasteiger partial charge in [0.2, 0.25) is 0 Å². The summed E-state index contributed by atoms with van der Waals surface area (Å²) in [5, 5.41) is 0. The molecule has 1 aromatic carbocycles. The van der Waals surface area contributed by atoms with Crippen LogP contribution in [0.5, 0.6) is 0 Å². The quantitative estimate of drug-likeness (QED) is 0.810. The number of hydrogen-bond donors (Lipinski definition) is 1. The Morgan fingerprint density at radius 1 is 1.00 bits per heavy atom. The molecule has 0 saturated heterocycles. The van der Waals surface area contributed by atoms with Gasteiger partial charge >= 0.3 is 0 Å². The van der Waals surface area contributed by atoms with E-state index in [9.17, 15) is 0 Å².